The Morgan fingerprint density at radius 1 is 1.26 bits per heavy atom. The summed E-state index contributed by atoms with van der Waals surface area (Å²) >= 11 is 3.56. The van der Waals surface area contributed by atoms with Gasteiger partial charge < -0.3 is 4.72 Å². The van der Waals surface area contributed by atoms with Crippen LogP contribution in [0.1, 0.15) is 49.0 Å². The number of nitrogens with one attached hydrogen (secondary N) is 1. The number of hydrogen-bond donors (Lipinski definition) is 1. The van der Waals surface area contributed by atoms with Crippen LogP contribution in [0.15, 0.2) is 36.0 Å². The molecule has 1 aliphatic heterocycles. The lowest BCUT2D eigenvalue weighted by Gasteiger charge is -2.28. The zero-order valence-electron chi connectivity index (χ0n) is 15.5. The van der Waals surface area contributed by atoms with Crippen LogP contribution in [0, 0.1) is 0 Å². The van der Waals surface area contributed by atoms with Gasteiger partial charge in [-0.25, -0.2) is 4.98 Å². The predicted octanol–water partition coefficient (Wildman–Crippen LogP) is 5.42. The fourth-order valence-electron chi connectivity index (χ4n) is 3.72. The van der Waals surface area contributed by atoms with Crippen LogP contribution < -0.4 is 4.72 Å². The molecule has 1 fully saturated rings. The molecule has 140 valence electrons. The van der Waals surface area contributed by atoms with Crippen molar-refractivity contribution in [3.63, 3.8) is 0 Å². The summed E-state index contributed by atoms with van der Waals surface area (Å²) in [5.74, 6) is 0. The zero-order chi connectivity index (χ0) is 18.2. The average molecular weight is 397 g/mol. The zero-order valence-corrected chi connectivity index (χ0v) is 17.2. The highest BCUT2D eigenvalue weighted by Gasteiger charge is 2.24. The maximum absolute atomic E-state index is 4.77. The van der Waals surface area contributed by atoms with Crippen molar-refractivity contribution in [2.45, 2.75) is 50.4 Å². The molecular formula is C21H24N4S2. The van der Waals surface area contributed by atoms with Crippen molar-refractivity contribution in [2.75, 3.05) is 11.3 Å². The smallest absolute Gasteiger partial charge is 0.0815 e. The van der Waals surface area contributed by atoms with Crippen molar-refractivity contribution >= 4 is 39.2 Å². The molecule has 27 heavy (non-hydrogen) atoms. The summed E-state index contributed by atoms with van der Waals surface area (Å²) in [5, 5.41) is 0.793. The minimum atomic E-state index is 0.375. The fourth-order valence-corrected chi connectivity index (χ4v) is 5.16. The number of pyridine rings is 1. The number of fused-ring (bicyclic) bond motifs is 2. The van der Waals surface area contributed by atoms with Gasteiger partial charge in [-0.15, -0.1) is 11.3 Å². The third-order valence-electron chi connectivity index (χ3n) is 5.54. The first-order chi connectivity index (χ1) is 13.3. The summed E-state index contributed by atoms with van der Waals surface area (Å²) < 4.78 is 4.76. The van der Waals surface area contributed by atoms with Gasteiger partial charge in [-0.2, -0.15) is 0 Å². The van der Waals surface area contributed by atoms with E-state index in [-0.39, 0.29) is 0 Å². The topological polar surface area (TPSA) is 41.1 Å². The van der Waals surface area contributed by atoms with Gasteiger partial charge in [0.15, 0.2) is 0 Å². The molecule has 3 aromatic rings. The molecule has 0 bridgehead atoms. The van der Waals surface area contributed by atoms with Crippen molar-refractivity contribution in [3.8, 4) is 0 Å². The van der Waals surface area contributed by atoms with Crippen molar-refractivity contribution in [3.05, 3.63) is 52.8 Å². The van der Waals surface area contributed by atoms with Gasteiger partial charge in [0.25, 0.3) is 0 Å². The number of aromatic nitrogens is 2. The molecular weight excluding hydrogens is 372 g/mol. The molecule has 5 rings (SSSR count). The summed E-state index contributed by atoms with van der Waals surface area (Å²) in [6.07, 6.45) is 6.91. The van der Waals surface area contributed by atoms with E-state index in [1.807, 2.05) is 23.7 Å². The molecule has 2 aliphatic rings. The second-order valence-corrected chi connectivity index (χ2v) is 9.57. The van der Waals surface area contributed by atoms with E-state index in [0.29, 0.717) is 6.04 Å². The van der Waals surface area contributed by atoms with Gasteiger partial charge in [0, 0.05) is 23.5 Å². The number of aryl methyl sites for hydroxylation is 1. The van der Waals surface area contributed by atoms with E-state index < -0.39 is 0 Å². The molecule has 0 saturated heterocycles. The number of nitrogens with zero attached hydrogens (tertiary/aromatic N) is 3. The standard InChI is InChI=1S/C21H24N4S2/c1-14(15-4-7-21-20(10-15)23-13-26-21)25-8-2-3-19-16(12-25)9-17(11-22-19)24-27-18-5-6-18/h4,7,9-11,13-14,18,24H,2-3,5-6,8,12H2,1H3. The van der Waals surface area contributed by atoms with Crippen LogP contribution in [0.2, 0.25) is 0 Å². The molecule has 0 spiro atoms. The second-order valence-electron chi connectivity index (χ2n) is 7.58. The Bertz CT molecular complexity index is 950. The van der Waals surface area contributed by atoms with Crippen LogP contribution >= 0.6 is 23.3 Å². The van der Waals surface area contributed by atoms with E-state index in [0.717, 1.165) is 42.4 Å². The Labute approximate surface area is 168 Å². The van der Waals surface area contributed by atoms with Crippen LogP contribution in [0.3, 0.4) is 0 Å². The lowest BCUT2D eigenvalue weighted by Crippen LogP contribution is -2.26. The maximum atomic E-state index is 4.77. The van der Waals surface area contributed by atoms with Gasteiger partial charge in [0.2, 0.25) is 0 Å². The lowest BCUT2D eigenvalue weighted by molar-refractivity contribution is 0.205. The summed E-state index contributed by atoms with van der Waals surface area (Å²) in [4.78, 5) is 11.8. The fraction of sp³-hybridized carbons (Fsp3) is 0.429. The largest absolute Gasteiger partial charge is 0.328 e. The molecule has 3 heterocycles. The Morgan fingerprint density at radius 2 is 2.19 bits per heavy atom. The first kappa shape index (κ1) is 17.5. The van der Waals surface area contributed by atoms with Crippen molar-refractivity contribution in [1.82, 2.24) is 14.9 Å². The SMILES string of the molecule is CC(c1ccc2scnc2c1)N1CCCc2ncc(NSC3CC3)cc2C1. The van der Waals surface area contributed by atoms with E-state index in [1.165, 1.54) is 34.4 Å². The van der Waals surface area contributed by atoms with Crippen LogP contribution in [-0.2, 0) is 13.0 Å². The Morgan fingerprint density at radius 3 is 3.07 bits per heavy atom. The first-order valence-electron chi connectivity index (χ1n) is 9.73. The predicted molar refractivity (Wildman–Crippen MR) is 115 cm³/mol. The molecule has 6 heteroatoms. The Balaban J connectivity index is 1.36. The van der Waals surface area contributed by atoms with Gasteiger partial charge in [0.1, 0.15) is 0 Å². The highest BCUT2D eigenvalue weighted by atomic mass is 32.2. The highest BCUT2D eigenvalue weighted by molar-refractivity contribution is 8.01. The van der Waals surface area contributed by atoms with Gasteiger partial charge in [-0.1, -0.05) is 6.07 Å². The number of thiazole rings is 1. The van der Waals surface area contributed by atoms with E-state index in [4.69, 9.17) is 4.98 Å². The number of anilines is 1. The third kappa shape index (κ3) is 3.84. The van der Waals surface area contributed by atoms with E-state index in [1.54, 1.807) is 11.3 Å². The quantitative estimate of drug-likeness (QED) is 0.583. The van der Waals surface area contributed by atoms with Gasteiger partial charge >= 0.3 is 0 Å². The lowest BCUT2D eigenvalue weighted by atomic mass is 10.1. The molecule has 4 nitrogen and oxygen atoms in total. The van der Waals surface area contributed by atoms with Crippen LogP contribution in [-0.4, -0.2) is 26.7 Å². The first-order valence-corrected chi connectivity index (χ1v) is 11.5. The van der Waals surface area contributed by atoms with Crippen LogP contribution in [0.25, 0.3) is 10.2 Å². The molecule has 1 unspecified atom stereocenters. The third-order valence-corrected chi connectivity index (χ3v) is 7.51. The molecule has 1 N–H and O–H groups in total. The molecule has 1 aromatic carbocycles. The highest BCUT2D eigenvalue weighted by Crippen LogP contribution is 2.35. The maximum Gasteiger partial charge on any atom is 0.0815 e. The number of rotatable bonds is 5. The summed E-state index contributed by atoms with van der Waals surface area (Å²) in [7, 11) is 0. The van der Waals surface area contributed by atoms with Gasteiger partial charge in [0.05, 0.1) is 27.6 Å². The summed E-state index contributed by atoms with van der Waals surface area (Å²) in [6.45, 7) is 4.38. The molecule has 1 aliphatic carbocycles. The Kier molecular flexibility index (Phi) is 4.80. The van der Waals surface area contributed by atoms with E-state index >= 15 is 0 Å². The van der Waals surface area contributed by atoms with Gasteiger partial charge in [-0.3, -0.25) is 9.88 Å². The van der Waals surface area contributed by atoms with Crippen molar-refractivity contribution < 1.29 is 0 Å². The Hall–Kier alpha value is -1.63. The van der Waals surface area contributed by atoms with Crippen LogP contribution in [0.5, 0.6) is 0 Å². The van der Waals surface area contributed by atoms with Gasteiger partial charge in [-0.05, 0) is 80.4 Å². The van der Waals surface area contributed by atoms with E-state index in [2.05, 4.69) is 45.8 Å². The molecule has 0 amide bonds. The average Bonchev–Trinajstić information content (AvgIpc) is 3.44. The van der Waals surface area contributed by atoms with Crippen molar-refractivity contribution in [1.29, 1.82) is 0 Å². The van der Waals surface area contributed by atoms with Crippen LogP contribution in [0.4, 0.5) is 5.69 Å². The minimum Gasteiger partial charge on any atom is -0.328 e. The summed E-state index contributed by atoms with van der Waals surface area (Å²) in [6, 6.07) is 9.42. The number of hydrogen-bond acceptors (Lipinski definition) is 6. The number of benzene rings is 1. The molecule has 1 saturated carbocycles. The monoisotopic (exact) mass is 396 g/mol. The van der Waals surface area contributed by atoms with E-state index in [9.17, 15) is 0 Å². The minimum absolute atomic E-state index is 0.375. The normalized spacial score (nSPS) is 18.9. The molecule has 2 aromatic heterocycles. The summed E-state index contributed by atoms with van der Waals surface area (Å²) in [5.41, 5.74) is 8.18. The van der Waals surface area contributed by atoms with Crippen molar-refractivity contribution in [2.24, 2.45) is 0 Å². The molecule has 1 atom stereocenters. The molecule has 0 radical (unpaired) electrons. The second kappa shape index (κ2) is 7.41.